The molecule has 2 aromatic rings. The SMILES string of the molecule is O=C(/C=C/c1ccc(Cl)cc1Cl)c1cccs1. The molecule has 0 aliphatic rings. The van der Waals surface area contributed by atoms with Gasteiger partial charge in [0.15, 0.2) is 5.78 Å². The zero-order valence-corrected chi connectivity index (χ0v) is 11.0. The molecular weight excluding hydrogens is 275 g/mol. The summed E-state index contributed by atoms with van der Waals surface area (Å²) in [5.41, 5.74) is 0.779. The number of carbonyl (C=O) groups is 1. The average molecular weight is 283 g/mol. The summed E-state index contributed by atoms with van der Waals surface area (Å²) >= 11 is 13.2. The number of ketones is 1. The van der Waals surface area contributed by atoms with E-state index >= 15 is 0 Å². The van der Waals surface area contributed by atoms with Crippen LogP contribution in [0, 0.1) is 0 Å². The number of halogens is 2. The van der Waals surface area contributed by atoms with E-state index in [0.29, 0.717) is 14.9 Å². The standard InChI is InChI=1S/C13H8Cl2OS/c14-10-5-3-9(11(15)8-10)4-6-12(16)13-2-1-7-17-13/h1-8H/b6-4+. The van der Waals surface area contributed by atoms with Gasteiger partial charge in [0.2, 0.25) is 0 Å². The van der Waals surface area contributed by atoms with Gasteiger partial charge in [0.25, 0.3) is 0 Å². The van der Waals surface area contributed by atoms with E-state index in [0.717, 1.165) is 5.56 Å². The smallest absolute Gasteiger partial charge is 0.195 e. The molecule has 1 nitrogen and oxygen atoms in total. The lowest BCUT2D eigenvalue weighted by Crippen LogP contribution is -1.88. The van der Waals surface area contributed by atoms with E-state index in [-0.39, 0.29) is 5.78 Å². The Morgan fingerprint density at radius 3 is 2.71 bits per heavy atom. The molecule has 0 radical (unpaired) electrons. The van der Waals surface area contributed by atoms with Crippen LogP contribution in [0.15, 0.2) is 41.8 Å². The van der Waals surface area contributed by atoms with E-state index in [9.17, 15) is 4.79 Å². The van der Waals surface area contributed by atoms with Gasteiger partial charge in [-0.2, -0.15) is 0 Å². The summed E-state index contributed by atoms with van der Waals surface area (Å²) in [6, 6.07) is 8.81. The molecule has 0 saturated heterocycles. The van der Waals surface area contributed by atoms with Crippen LogP contribution in [0.5, 0.6) is 0 Å². The largest absolute Gasteiger partial charge is 0.288 e. The van der Waals surface area contributed by atoms with Crippen LogP contribution < -0.4 is 0 Å². The molecule has 0 unspecified atom stereocenters. The van der Waals surface area contributed by atoms with E-state index < -0.39 is 0 Å². The summed E-state index contributed by atoms with van der Waals surface area (Å²) in [5.74, 6) is -0.0222. The number of hydrogen-bond acceptors (Lipinski definition) is 2. The van der Waals surface area contributed by atoms with Crippen LogP contribution in [0.3, 0.4) is 0 Å². The predicted molar refractivity (Wildman–Crippen MR) is 74.1 cm³/mol. The minimum atomic E-state index is -0.0222. The van der Waals surface area contributed by atoms with Crippen LogP contribution >= 0.6 is 34.5 Å². The molecule has 1 aromatic heterocycles. The summed E-state index contributed by atoms with van der Waals surface area (Å²) in [7, 11) is 0. The maximum Gasteiger partial charge on any atom is 0.195 e. The lowest BCUT2D eigenvalue weighted by molar-refractivity contribution is 0.105. The normalized spacial score (nSPS) is 10.9. The van der Waals surface area contributed by atoms with Crippen LogP contribution in [0.25, 0.3) is 6.08 Å². The van der Waals surface area contributed by atoms with Crippen molar-refractivity contribution in [2.45, 2.75) is 0 Å². The number of thiophene rings is 1. The maximum atomic E-state index is 11.7. The van der Waals surface area contributed by atoms with Crippen molar-refractivity contribution in [1.29, 1.82) is 0 Å². The minimum absolute atomic E-state index is 0.0222. The molecule has 2 rings (SSSR count). The van der Waals surface area contributed by atoms with Gasteiger partial charge in [0.1, 0.15) is 0 Å². The Hall–Kier alpha value is -1.09. The van der Waals surface area contributed by atoms with Crippen LogP contribution in [0.4, 0.5) is 0 Å². The van der Waals surface area contributed by atoms with Crippen LogP contribution in [-0.4, -0.2) is 5.78 Å². The van der Waals surface area contributed by atoms with Crippen molar-refractivity contribution in [1.82, 2.24) is 0 Å². The van der Waals surface area contributed by atoms with Gasteiger partial charge in [-0.1, -0.05) is 35.3 Å². The number of rotatable bonds is 3. The van der Waals surface area contributed by atoms with Gasteiger partial charge in [0, 0.05) is 10.0 Å². The Bertz CT molecular complexity index is 559. The van der Waals surface area contributed by atoms with Gasteiger partial charge < -0.3 is 0 Å². The highest BCUT2D eigenvalue weighted by molar-refractivity contribution is 7.12. The molecule has 0 aliphatic carbocycles. The lowest BCUT2D eigenvalue weighted by atomic mass is 10.2. The van der Waals surface area contributed by atoms with E-state index in [2.05, 4.69) is 0 Å². The van der Waals surface area contributed by atoms with Crippen molar-refractivity contribution in [2.75, 3.05) is 0 Å². The minimum Gasteiger partial charge on any atom is -0.288 e. The van der Waals surface area contributed by atoms with Gasteiger partial charge in [-0.25, -0.2) is 0 Å². The van der Waals surface area contributed by atoms with Crippen molar-refractivity contribution in [3.63, 3.8) is 0 Å². The highest BCUT2D eigenvalue weighted by Crippen LogP contribution is 2.22. The Morgan fingerprint density at radius 2 is 2.06 bits per heavy atom. The second kappa shape index (κ2) is 5.50. The predicted octanol–water partition coefficient (Wildman–Crippen LogP) is 4.95. The van der Waals surface area contributed by atoms with E-state index in [4.69, 9.17) is 23.2 Å². The van der Waals surface area contributed by atoms with Crippen LogP contribution in [0.1, 0.15) is 15.2 Å². The first-order valence-corrected chi connectivity index (χ1v) is 6.51. The fourth-order valence-corrected chi connectivity index (χ4v) is 2.42. The molecule has 0 amide bonds. The molecule has 0 N–H and O–H groups in total. The van der Waals surface area contributed by atoms with E-state index in [1.54, 1.807) is 30.3 Å². The maximum absolute atomic E-state index is 11.7. The van der Waals surface area contributed by atoms with Crippen molar-refractivity contribution >= 4 is 46.4 Å². The van der Waals surface area contributed by atoms with Gasteiger partial charge >= 0.3 is 0 Å². The first kappa shape index (κ1) is 12.4. The van der Waals surface area contributed by atoms with Gasteiger partial charge in [-0.3, -0.25) is 4.79 Å². The molecule has 1 heterocycles. The second-order valence-electron chi connectivity index (χ2n) is 3.34. The summed E-state index contributed by atoms with van der Waals surface area (Å²) in [4.78, 5) is 12.4. The van der Waals surface area contributed by atoms with E-state index in [1.165, 1.54) is 17.4 Å². The van der Waals surface area contributed by atoms with Gasteiger partial charge in [0.05, 0.1) is 4.88 Å². The highest BCUT2D eigenvalue weighted by Gasteiger charge is 2.03. The Labute approximate surface area is 113 Å². The number of hydrogen-bond donors (Lipinski definition) is 0. The molecule has 0 saturated carbocycles. The van der Waals surface area contributed by atoms with Crippen LogP contribution in [-0.2, 0) is 0 Å². The van der Waals surface area contributed by atoms with Crippen molar-refractivity contribution in [3.05, 3.63) is 62.3 Å². The first-order chi connectivity index (χ1) is 8.16. The van der Waals surface area contributed by atoms with Crippen LogP contribution in [0.2, 0.25) is 10.0 Å². The third-order valence-electron chi connectivity index (χ3n) is 2.14. The van der Waals surface area contributed by atoms with Gasteiger partial charge in [-0.15, -0.1) is 11.3 Å². The molecule has 0 bridgehead atoms. The third kappa shape index (κ3) is 3.19. The third-order valence-corrected chi connectivity index (χ3v) is 3.59. The fourth-order valence-electron chi connectivity index (χ4n) is 1.30. The Balaban J connectivity index is 2.18. The van der Waals surface area contributed by atoms with Crippen molar-refractivity contribution < 1.29 is 4.79 Å². The number of allylic oxidation sites excluding steroid dienone is 1. The molecule has 17 heavy (non-hydrogen) atoms. The number of benzene rings is 1. The molecule has 0 aliphatic heterocycles. The van der Waals surface area contributed by atoms with E-state index in [1.807, 2.05) is 11.4 Å². The summed E-state index contributed by atoms with van der Waals surface area (Å²) in [6.07, 6.45) is 3.21. The highest BCUT2D eigenvalue weighted by atomic mass is 35.5. The molecule has 4 heteroatoms. The molecule has 86 valence electrons. The van der Waals surface area contributed by atoms with Crippen molar-refractivity contribution in [2.24, 2.45) is 0 Å². The lowest BCUT2D eigenvalue weighted by Gasteiger charge is -1.98. The molecule has 0 atom stereocenters. The topological polar surface area (TPSA) is 17.1 Å². The summed E-state index contributed by atoms with van der Waals surface area (Å²) in [6.45, 7) is 0. The van der Waals surface area contributed by atoms with Crippen molar-refractivity contribution in [3.8, 4) is 0 Å². The molecular formula is C13H8Cl2OS. The monoisotopic (exact) mass is 282 g/mol. The first-order valence-electron chi connectivity index (χ1n) is 4.88. The molecule has 0 spiro atoms. The van der Waals surface area contributed by atoms with Gasteiger partial charge in [-0.05, 0) is 41.3 Å². The summed E-state index contributed by atoms with van der Waals surface area (Å²) in [5, 5.41) is 2.99. The zero-order valence-electron chi connectivity index (χ0n) is 8.69. The Kier molecular flexibility index (Phi) is 4.00. The second-order valence-corrected chi connectivity index (χ2v) is 5.13. The molecule has 0 fully saturated rings. The zero-order chi connectivity index (χ0) is 12.3. The average Bonchev–Trinajstić information content (AvgIpc) is 2.81. The Morgan fingerprint density at radius 1 is 1.24 bits per heavy atom. The fraction of sp³-hybridized carbons (Fsp3) is 0. The molecule has 1 aromatic carbocycles. The summed E-state index contributed by atoms with van der Waals surface area (Å²) < 4.78 is 0. The number of carbonyl (C=O) groups excluding carboxylic acids is 1. The quantitative estimate of drug-likeness (QED) is 0.575.